The SMILES string of the molecule is CCOCC(O)Cc1cc(Cl)cc2c1OCC2. The van der Waals surface area contributed by atoms with E-state index in [4.69, 9.17) is 21.1 Å². The molecule has 1 aliphatic rings. The van der Waals surface area contributed by atoms with Gasteiger partial charge in [0.05, 0.1) is 19.3 Å². The molecule has 0 saturated carbocycles. The normalized spacial score (nSPS) is 15.5. The van der Waals surface area contributed by atoms with Crippen LogP contribution in [-0.4, -0.2) is 31.0 Å². The third-order valence-corrected chi connectivity index (χ3v) is 3.01. The average molecular weight is 257 g/mol. The molecule has 0 bridgehead atoms. The van der Waals surface area contributed by atoms with Gasteiger partial charge >= 0.3 is 0 Å². The smallest absolute Gasteiger partial charge is 0.126 e. The van der Waals surface area contributed by atoms with Gasteiger partial charge in [0.1, 0.15) is 5.75 Å². The molecular formula is C13H17ClO3. The Kier molecular flexibility index (Phi) is 4.26. The van der Waals surface area contributed by atoms with Crippen LogP contribution in [-0.2, 0) is 17.6 Å². The fraction of sp³-hybridized carbons (Fsp3) is 0.538. The van der Waals surface area contributed by atoms with Crippen LogP contribution >= 0.6 is 11.6 Å². The second kappa shape index (κ2) is 5.71. The van der Waals surface area contributed by atoms with E-state index in [2.05, 4.69) is 0 Å². The summed E-state index contributed by atoms with van der Waals surface area (Å²) in [5, 5.41) is 10.5. The topological polar surface area (TPSA) is 38.7 Å². The predicted octanol–water partition coefficient (Wildman–Crippen LogP) is 2.21. The molecule has 94 valence electrons. The second-order valence-electron chi connectivity index (χ2n) is 4.17. The molecule has 1 atom stereocenters. The van der Waals surface area contributed by atoms with Crippen molar-refractivity contribution < 1.29 is 14.6 Å². The minimum atomic E-state index is -0.512. The van der Waals surface area contributed by atoms with E-state index in [1.54, 1.807) is 0 Å². The van der Waals surface area contributed by atoms with E-state index in [0.717, 1.165) is 23.3 Å². The Balaban J connectivity index is 2.10. The summed E-state index contributed by atoms with van der Waals surface area (Å²) in [4.78, 5) is 0. The van der Waals surface area contributed by atoms with E-state index < -0.39 is 6.10 Å². The number of fused-ring (bicyclic) bond motifs is 1. The second-order valence-corrected chi connectivity index (χ2v) is 4.61. The third-order valence-electron chi connectivity index (χ3n) is 2.80. The Morgan fingerprint density at radius 1 is 1.53 bits per heavy atom. The summed E-state index contributed by atoms with van der Waals surface area (Å²) in [6.07, 6.45) is 0.898. The largest absolute Gasteiger partial charge is 0.493 e. The summed E-state index contributed by atoms with van der Waals surface area (Å²) in [6.45, 7) is 3.57. The number of ether oxygens (including phenoxy) is 2. The van der Waals surface area contributed by atoms with Crippen molar-refractivity contribution in [3.05, 3.63) is 28.3 Å². The molecule has 1 N–H and O–H groups in total. The van der Waals surface area contributed by atoms with Gasteiger partial charge in [-0.2, -0.15) is 0 Å². The fourth-order valence-corrected chi connectivity index (χ4v) is 2.33. The van der Waals surface area contributed by atoms with Crippen LogP contribution in [0.15, 0.2) is 12.1 Å². The zero-order valence-electron chi connectivity index (χ0n) is 9.91. The van der Waals surface area contributed by atoms with Crippen LogP contribution in [0.5, 0.6) is 5.75 Å². The minimum Gasteiger partial charge on any atom is -0.493 e. The summed E-state index contributed by atoms with van der Waals surface area (Å²) in [6, 6.07) is 3.79. The molecule has 3 nitrogen and oxygen atoms in total. The van der Waals surface area contributed by atoms with Crippen LogP contribution in [0.1, 0.15) is 18.1 Å². The third kappa shape index (κ3) is 3.12. The molecule has 0 saturated heterocycles. The molecule has 2 rings (SSSR count). The zero-order chi connectivity index (χ0) is 12.3. The van der Waals surface area contributed by atoms with Gasteiger partial charge in [-0.3, -0.25) is 0 Å². The summed E-state index contributed by atoms with van der Waals surface area (Å²) >= 11 is 6.05. The van der Waals surface area contributed by atoms with Crippen molar-refractivity contribution >= 4 is 11.6 Å². The van der Waals surface area contributed by atoms with Crippen molar-refractivity contribution in [3.63, 3.8) is 0 Å². The van der Waals surface area contributed by atoms with Gasteiger partial charge < -0.3 is 14.6 Å². The Bertz CT molecular complexity index is 392. The monoisotopic (exact) mass is 256 g/mol. The van der Waals surface area contributed by atoms with Crippen molar-refractivity contribution in [2.75, 3.05) is 19.8 Å². The first-order valence-electron chi connectivity index (χ1n) is 5.90. The molecule has 0 aromatic heterocycles. The molecule has 0 spiro atoms. The van der Waals surface area contributed by atoms with Crippen molar-refractivity contribution in [2.45, 2.75) is 25.9 Å². The van der Waals surface area contributed by atoms with Crippen LogP contribution in [0.25, 0.3) is 0 Å². The van der Waals surface area contributed by atoms with Crippen LogP contribution in [0.4, 0.5) is 0 Å². The number of aliphatic hydroxyl groups excluding tert-OH is 1. The molecule has 0 aliphatic carbocycles. The number of rotatable bonds is 5. The molecule has 1 unspecified atom stereocenters. The van der Waals surface area contributed by atoms with Crippen molar-refractivity contribution in [1.29, 1.82) is 0 Å². The predicted molar refractivity (Wildman–Crippen MR) is 66.9 cm³/mol. The standard InChI is InChI=1S/C13H17ClO3/c1-2-16-8-12(15)7-10-6-11(14)5-9-3-4-17-13(9)10/h5-6,12,15H,2-4,7-8H2,1H3. The lowest BCUT2D eigenvalue weighted by Gasteiger charge is -2.13. The maximum Gasteiger partial charge on any atom is 0.126 e. The van der Waals surface area contributed by atoms with Gasteiger partial charge in [0, 0.05) is 24.5 Å². The van der Waals surface area contributed by atoms with Gasteiger partial charge in [-0.15, -0.1) is 0 Å². The Hall–Kier alpha value is -0.770. The van der Waals surface area contributed by atoms with E-state index in [0.29, 0.717) is 31.3 Å². The maximum absolute atomic E-state index is 9.83. The first kappa shape index (κ1) is 12.7. The van der Waals surface area contributed by atoms with E-state index in [1.807, 2.05) is 19.1 Å². The Morgan fingerprint density at radius 3 is 3.12 bits per heavy atom. The Morgan fingerprint density at radius 2 is 2.35 bits per heavy atom. The van der Waals surface area contributed by atoms with E-state index >= 15 is 0 Å². The van der Waals surface area contributed by atoms with Gasteiger partial charge in [-0.1, -0.05) is 11.6 Å². The minimum absolute atomic E-state index is 0.345. The molecule has 0 amide bonds. The highest BCUT2D eigenvalue weighted by Crippen LogP contribution is 2.33. The van der Waals surface area contributed by atoms with Crippen molar-refractivity contribution in [1.82, 2.24) is 0 Å². The zero-order valence-corrected chi connectivity index (χ0v) is 10.7. The van der Waals surface area contributed by atoms with E-state index in [-0.39, 0.29) is 0 Å². The molecule has 1 heterocycles. The summed E-state index contributed by atoms with van der Waals surface area (Å²) < 4.78 is 10.8. The quantitative estimate of drug-likeness (QED) is 0.878. The van der Waals surface area contributed by atoms with E-state index in [9.17, 15) is 5.11 Å². The molecule has 1 aromatic rings. The van der Waals surface area contributed by atoms with Gasteiger partial charge in [-0.05, 0) is 30.2 Å². The molecule has 0 fully saturated rings. The summed E-state index contributed by atoms with van der Waals surface area (Å²) in [5.41, 5.74) is 2.10. The Labute approximate surface area is 106 Å². The maximum atomic E-state index is 9.83. The van der Waals surface area contributed by atoms with Crippen LogP contribution in [0.2, 0.25) is 5.02 Å². The highest BCUT2D eigenvalue weighted by atomic mass is 35.5. The highest BCUT2D eigenvalue weighted by molar-refractivity contribution is 6.30. The van der Waals surface area contributed by atoms with Crippen LogP contribution in [0, 0.1) is 0 Å². The molecule has 1 aliphatic heterocycles. The summed E-state index contributed by atoms with van der Waals surface area (Å²) in [7, 11) is 0. The number of hydrogen-bond donors (Lipinski definition) is 1. The number of aliphatic hydroxyl groups is 1. The fourth-order valence-electron chi connectivity index (χ4n) is 2.06. The lowest BCUT2D eigenvalue weighted by atomic mass is 10.0. The molecule has 4 heteroatoms. The number of benzene rings is 1. The molecule has 0 radical (unpaired) electrons. The average Bonchev–Trinajstić information content (AvgIpc) is 2.74. The molecular weight excluding hydrogens is 240 g/mol. The number of halogens is 1. The summed E-state index contributed by atoms with van der Waals surface area (Å²) in [5.74, 6) is 0.893. The first-order valence-corrected chi connectivity index (χ1v) is 6.28. The first-order chi connectivity index (χ1) is 8.20. The number of hydrogen-bond acceptors (Lipinski definition) is 3. The van der Waals surface area contributed by atoms with Crippen molar-refractivity contribution in [3.8, 4) is 5.75 Å². The van der Waals surface area contributed by atoms with Crippen molar-refractivity contribution in [2.24, 2.45) is 0 Å². The van der Waals surface area contributed by atoms with Crippen LogP contribution in [0.3, 0.4) is 0 Å². The van der Waals surface area contributed by atoms with Gasteiger partial charge in [0.2, 0.25) is 0 Å². The molecule has 17 heavy (non-hydrogen) atoms. The van der Waals surface area contributed by atoms with E-state index in [1.165, 1.54) is 0 Å². The highest BCUT2D eigenvalue weighted by Gasteiger charge is 2.19. The lowest BCUT2D eigenvalue weighted by Crippen LogP contribution is -2.18. The van der Waals surface area contributed by atoms with Crippen LogP contribution < -0.4 is 4.74 Å². The molecule has 1 aromatic carbocycles. The van der Waals surface area contributed by atoms with Gasteiger partial charge in [0.15, 0.2) is 0 Å². The lowest BCUT2D eigenvalue weighted by molar-refractivity contribution is 0.0427. The van der Waals surface area contributed by atoms with Gasteiger partial charge in [0.25, 0.3) is 0 Å². The van der Waals surface area contributed by atoms with Gasteiger partial charge in [-0.25, -0.2) is 0 Å².